The van der Waals surface area contributed by atoms with Crippen molar-refractivity contribution in [3.8, 4) is 0 Å². The van der Waals surface area contributed by atoms with Crippen LogP contribution in [0.5, 0.6) is 0 Å². The van der Waals surface area contributed by atoms with Crippen molar-refractivity contribution in [2.24, 2.45) is 5.92 Å². The van der Waals surface area contributed by atoms with E-state index in [-0.39, 0.29) is 22.8 Å². The van der Waals surface area contributed by atoms with Gasteiger partial charge in [0.15, 0.2) is 0 Å². The Morgan fingerprint density at radius 2 is 1.75 bits per heavy atom. The number of carbonyl (C=O) groups excluding carboxylic acids is 2. The van der Waals surface area contributed by atoms with Crippen molar-refractivity contribution in [1.82, 2.24) is 4.72 Å². The molecule has 0 fully saturated rings. The van der Waals surface area contributed by atoms with E-state index in [1.807, 2.05) is 32.9 Å². The van der Waals surface area contributed by atoms with Gasteiger partial charge in [0.25, 0.3) is 0 Å². The lowest BCUT2D eigenvalue weighted by Crippen LogP contribution is -2.47. The van der Waals surface area contributed by atoms with Crippen LogP contribution in [-0.2, 0) is 26.0 Å². The van der Waals surface area contributed by atoms with E-state index >= 15 is 0 Å². The lowest BCUT2D eigenvalue weighted by Gasteiger charge is -2.22. The number of sulfonamides is 1. The predicted molar refractivity (Wildman–Crippen MR) is 126 cm³/mol. The van der Waals surface area contributed by atoms with Gasteiger partial charge in [-0.05, 0) is 80.1 Å². The number of aryl methyl sites for hydroxylation is 2. The second-order valence-corrected chi connectivity index (χ2v) is 10.6. The molecule has 2 N–H and O–H groups in total. The number of fused-ring (bicyclic) bond motifs is 1. The average molecular weight is 458 g/mol. The van der Waals surface area contributed by atoms with E-state index in [9.17, 15) is 18.0 Å². The van der Waals surface area contributed by atoms with Crippen LogP contribution in [0.4, 0.5) is 11.4 Å². The molecule has 0 bridgehead atoms. The van der Waals surface area contributed by atoms with E-state index in [1.54, 1.807) is 36.9 Å². The Kier molecular flexibility index (Phi) is 6.76. The first-order valence-corrected chi connectivity index (χ1v) is 12.2. The molecule has 2 amide bonds. The maximum absolute atomic E-state index is 13.1. The lowest BCUT2D eigenvalue weighted by atomic mass is 10.0. The van der Waals surface area contributed by atoms with Gasteiger partial charge in [0.05, 0.1) is 4.90 Å². The van der Waals surface area contributed by atoms with Crippen LogP contribution in [0.1, 0.15) is 44.4 Å². The highest BCUT2D eigenvalue weighted by molar-refractivity contribution is 7.89. The van der Waals surface area contributed by atoms with E-state index in [0.717, 1.165) is 22.4 Å². The van der Waals surface area contributed by atoms with Crippen LogP contribution in [0, 0.1) is 19.8 Å². The van der Waals surface area contributed by atoms with E-state index in [4.69, 9.17) is 0 Å². The highest BCUT2D eigenvalue weighted by Crippen LogP contribution is 2.34. The first-order valence-electron chi connectivity index (χ1n) is 10.7. The summed E-state index contributed by atoms with van der Waals surface area (Å²) in [5.41, 5.74) is 4.31. The van der Waals surface area contributed by atoms with Crippen LogP contribution in [-0.4, -0.2) is 32.3 Å². The van der Waals surface area contributed by atoms with Crippen LogP contribution in [0.25, 0.3) is 0 Å². The normalized spacial score (nSPS) is 16.7. The fraction of sp³-hybridized carbons (Fsp3) is 0.417. The molecule has 2 aromatic rings. The van der Waals surface area contributed by atoms with Gasteiger partial charge in [-0.3, -0.25) is 9.59 Å². The quantitative estimate of drug-likeness (QED) is 0.694. The summed E-state index contributed by atoms with van der Waals surface area (Å²) >= 11 is 0. The Balaban J connectivity index is 1.83. The molecule has 8 heteroatoms. The summed E-state index contributed by atoms with van der Waals surface area (Å²) in [4.78, 5) is 26.6. The minimum Gasteiger partial charge on any atom is -0.325 e. The van der Waals surface area contributed by atoms with Gasteiger partial charge < -0.3 is 10.2 Å². The van der Waals surface area contributed by atoms with Gasteiger partial charge in [-0.2, -0.15) is 4.72 Å². The molecule has 2 aromatic carbocycles. The largest absolute Gasteiger partial charge is 0.325 e. The molecule has 2 atom stereocenters. The van der Waals surface area contributed by atoms with Gasteiger partial charge in [-0.15, -0.1) is 0 Å². The van der Waals surface area contributed by atoms with Gasteiger partial charge in [0, 0.05) is 24.3 Å². The Morgan fingerprint density at radius 3 is 2.34 bits per heavy atom. The molecule has 0 aliphatic carbocycles. The van der Waals surface area contributed by atoms with Gasteiger partial charge in [-0.25, -0.2) is 8.42 Å². The summed E-state index contributed by atoms with van der Waals surface area (Å²) in [7, 11) is -3.95. The average Bonchev–Trinajstić information content (AvgIpc) is 3.03. The molecule has 1 aliphatic heterocycles. The number of carbonyl (C=O) groups is 2. The number of anilines is 2. The number of rotatable bonds is 6. The number of benzene rings is 2. The Hall–Kier alpha value is -2.71. The number of hydrogen-bond acceptors (Lipinski definition) is 4. The van der Waals surface area contributed by atoms with Crippen molar-refractivity contribution in [3.63, 3.8) is 0 Å². The third kappa shape index (κ3) is 4.86. The molecular formula is C24H31N3O4S. The van der Waals surface area contributed by atoms with E-state index in [0.29, 0.717) is 12.1 Å². The molecule has 3 rings (SSSR count). The van der Waals surface area contributed by atoms with Crippen molar-refractivity contribution in [2.45, 2.75) is 64.9 Å². The minimum absolute atomic E-state index is 0.0273. The number of nitrogens with one attached hydrogen (secondary N) is 2. The monoisotopic (exact) mass is 457 g/mol. The topological polar surface area (TPSA) is 95.6 Å². The molecule has 0 aromatic heterocycles. The van der Waals surface area contributed by atoms with Gasteiger partial charge in [-0.1, -0.05) is 19.9 Å². The summed E-state index contributed by atoms with van der Waals surface area (Å²) in [5.74, 6) is -0.754. The lowest BCUT2D eigenvalue weighted by molar-refractivity contribution is -0.118. The molecule has 0 unspecified atom stereocenters. The highest BCUT2D eigenvalue weighted by atomic mass is 32.2. The number of amides is 2. The fourth-order valence-corrected chi connectivity index (χ4v) is 5.42. The van der Waals surface area contributed by atoms with Crippen molar-refractivity contribution in [1.29, 1.82) is 0 Å². The predicted octanol–water partition coefficient (Wildman–Crippen LogP) is 3.54. The summed E-state index contributed by atoms with van der Waals surface area (Å²) in [6.07, 6.45) is 0.582. The molecular weight excluding hydrogens is 426 g/mol. The van der Waals surface area contributed by atoms with E-state index in [1.165, 1.54) is 13.0 Å². The minimum atomic E-state index is -3.95. The van der Waals surface area contributed by atoms with Crippen LogP contribution in [0.15, 0.2) is 41.3 Å². The first-order chi connectivity index (χ1) is 14.9. The first kappa shape index (κ1) is 23.9. The molecule has 32 heavy (non-hydrogen) atoms. The molecule has 0 radical (unpaired) electrons. The summed E-state index contributed by atoms with van der Waals surface area (Å²) in [6.45, 7) is 11.0. The Morgan fingerprint density at radius 1 is 1.06 bits per heavy atom. The van der Waals surface area contributed by atoms with Gasteiger partial charge in [0.2, 0.25) is 21.8 Å². The standard InChI is InChI=1S/C24H31N3O4S/c1-14(2)23(24(29)25-20-8-7-15(3)16(4)11-20)26-32(30,31)21-9-10-22-19(13-21)12-17(5)27(22)18(6)28/h7-11,13-14,17,23,26H,12H2,1-6H3,(H,25,29)/t17-,23-/m1/s1. The van der Waals surface area contributed by atoms with Crippen LogP contribution in [0.2, 0.25) is 0 Å². The maximum atomic E-state index is 13.1. The van der Waals surface area contributed by atoms with Crippen LogP contribution >= 0.6 is 0 Å². The molecule has 1 heterocycles. The Labute approximate surface area is 190 Å². The maximum Gasteiger partial charge on any atom is 0.242 e. The summed E-state index contributed by atoms with van der Waals surface area (Å²) in [6, 6.07) is 9.34. The molecule has 1 aliphatic rings. The summed E-state index contributed by atoms with van der Waals surface area (Å²) in [5, 5.41) is 2.82. The van der Waals surface area contributed by atoms with Crippen molar-refractivity contribution >= 4 is 33.2 Å². The molecule has 0 spiro atoms. The number of hydrogen-bond donors (Lipinski definition) is 2. The smallest absolute Gasteiger partial charge is 0.242 e. The summed E-state index contributed by atoms with van der Waals surface area (Å²) < 4.78 is 28.8. The zero-order valence-corrected chi connectivity index (χ0v) is 20.2. The molecule has 0 saturated carbocycles. The van der Waals surface area contributed by atoms with Gasteiger partial charge >= 0.3 is 0 Å². The van der Waals surface area contributed by atoms with Crippen LogP contribution < -0.4 is 14.9 Å². The van der Waals surface area contributed by atoms with Crippen molar-refractivity contribution < 1.29 is 18.0 Å². The molecule has 172 valence electrons. The van der Waals surface area contributed by atoms with Gasteiger partial charge in [0.1, 0.15) is 6.04 Å². The third-order valence-electron chi connectivity index (χ3n) is 5.92. The highest BCUT2D eigenvalue weighted by Gasteiger charge is 2.32. The second-order valence-electron chi connectivity index (χ2n) is 8.86. The van der Waals surface area contributed by atoms with Crippen molar-refractivity contribution in [3.05, 3.63) is 53.1 Å². The third-order valence-corrected chi connectivity index (χ3v) is 7.36. The molecule has 7 nitrogen and oxygen atoms in total. The zero-order chi connectivity index (χ0) is 23.8. The Bertz CT molecular complexity index is 1160. The zero-order valence-electron chi connectivity index (χ0n) is 19.4. The van der Waals surface area contributed by atoms with E-state index < -0.39 is 22.0 Å². The molecule has 0 saturated heterocycles. The van der Waals surface area contributed by atoms with Crippen LogP contribution in [0.3, 0.4) is 0 Å². The second kappa shape index (κ2) is 9.03. The van der Waals surface area contributed by atoms with Crippen molar-refractivity contribution in [2.75, 3.05) is 10.2 Å². The number of nitrogens with zero attached hydrogens (tertiary/aromatic N) is 1. The fourth-order valence-electron chi connectivity index (χ4n) is 4.02. The SMILES string of the molecule is CC(=O)N1c2ccc(S(=O)(=O)N[C@@H](C(=O)Nc3ccc(C)c(C)c3)C(C)C)cc2C[C@H]1C. The van der Waals surface area contributed by atoms with E-state index in [2.05, 4.69) is 10.0 Å².